The molecule has 0 aromatic heterocycles. The van der Waals surface area contributed by atoms with E-state index in [0.717, 1.165) is 24.9 Å². The summed E-state index contributed by atoms with van der Waals surface area (Å²) in [6.07, 6.45) is 0. The lowest BCUT2D eigenvalue weighted by Gasteiger charge is -1.97. The molecule has 0 aromatic carbocycles. The third-order valence-corrected chi connectivity index (χ3v) is 2.48. The van der Waals surface area contributed by atoms with Gasteiger partial charge in [-0.05, 0) is 30.8 Å². The van der Waals surface area contributed by atoms with Gasteiger partial charge in [-0.1, -0.05) is 0 Å². The summed E-state index contributed by atoms with van der Waals surface area (Å²) < 4.78 is 0. The van der Waals surface area contributed by atoms with Gasteiger partial charge in [0.15, 0.2) is 0 Å². The van der Waals surface area contributed by atoms with Gasteiger partial charge in [0.2, 0.25) is 0 Å². The van der Waals surface area contributed by atoms with Crippen LogP contribution in [0, 0.1) is 17.8 Å². The molecule has 2 fully saturated rings. The van der Waals surface area contributed by atoms with Crippen molar-refractivity contribution >= 4 is 0 Å². The SMILES string of the molecule is OCC1[C@@H]2CNC[C@@H]12. The Balaban J connectivity index is 1.94. The van der Waals surface area contributed by atoms with Crippen LogP contribution in [0.5, 0.6) is 0 Å². The molecule has 2 N–H and O–H groups in total. The highest BCUT2D eigenvalue weighted by molar-refractivity contribution is 5.03. The smallest absolute Gasteiger partial charge is 0.0465 e. The van der Waals surface area contributed by atoms with Gasteiger partial charge in [-0.2, -0.15) is 0 Å². The van der Waals surface area contributed by atoms with Crippen LogP contribution in [0.2, 0.25) is 0 Å². The standard InChI is InChI=1S/C6H11NO/c8-3-6-4-1-7-2-5(4)6/h4-8H,1-3H2/t4-,5-/m1/s1. The normalized spacial score (nSPS) is 51.4. The number of aliphatic hydroxyl groups is 1. The van der Waals surface area contributed by atoms with Crippen LogP contribution >= 0.6 is 0 Å². The number of rotatable bonds is 1. The van der Waals surface area contributed by atoms with Gasteiger partial charge in [-0.15, -0.1) is 0 Å². The van der Waals surface area contributed by atoms with Gasteiger partial charge in [-0.25, -0.2) is 0 Å². The van der Waals surface area contributed by atoms with Crippen molar-refractivity contribution in [1.82, 2.24) is 5.32 Å². The van der Waals surface area contributed by atoms with Crippen molar-refractivity contribution in [2.45, 2.75) is 0 Å². The Hall–Kier alpha value is -0.0800. The first-order chi connectivity index (χ1) is 3.93. The second-order valence-electron chi connectivity index (χ2n) is 2.83. The maximum atomic E-state index is 8.68. The summed E-state index contributed by atoms with van der Waals surface area (Å²) in [6.45, 7) is 2.71. The van der Waals surface area contributed by atoms with E-state index in [9.17, 15) is 0 Å². The van der Waals surface area contributed by atoms with E-state index < -0.39 is 0 Å². The number of hydrogen-bond donors (Lipinski definition) is 2. The second-order valence-corrected chi connectivity index (χ2v) is 2.83. The second kappa shape index (κ2) is 1.45. The minimum absolute atomic E-state index is 0.414. The van der Waals surface area contributed by atoms with Crippen LogP contribution in [0.3, 0.4) is 0 Å². The van der Waals surface area contributed by atoms with Crippen LogP contribution in [0.25, 0.3) is 0 Å². The van der Waals surface area contributed by atoms with Gasteiger partial charge in [0.1, 0.15) is 0 Å². The zero-order chi connectivity index (χ0) is 5.56. The summed E-state index contributed by atoms with van der Waals surface area (Å²) in [7, 11) is 0. The van der Waals surface area contributed by atoms with E-state index in [1.807, 2.05) is 0 Å². The third kappa shape index (κ3) is 0.446. The first-order valence-corrected chi connectivity index (χ1v) is 3.25. The Morgan fingerprint density at radius 1 is 1.38 bits per heavy atom. The number of nitrogens with one attached hydrogen (secondary N) is 1. The van der Waals surface area contributed by atoms with Gasteiger partial charge >= 0.3 is 0 Å². The summed E-state index contributed by atoms with van der Waals surface area (Å²) >= 11 is 0. The predicted octanol–water partition coefficient (Wildman–Crippen LogP) is -0.556. The predicted molar refractivity (Wildman–Crippen MR) is 30.4 cm³/mol. The number of piperidine rings is 1. The van der Waals surface area contributed by atoms with Crippen LogP contribution in [0.4, 0.5) is 0 Å². The molecule has 0 spiro atoms. The van der Waals surface area contributed by atoms with E-state index in [-0.39, 0.29) is 0 Å². The van der Waals surface area contributed by atoms with Gasteiger partial charge in [0.25, 0.3) is 0 Å². The van der Waals surface area contributed by atoms with Gasteiger partial charge in [-0.3, -0.25) is 0 Å². The minimum Gasteiger partial charge on any atom is -0.396 e. The highest BCUT2D eigenvalue weighted by Gasteiger charge is 2.51. The molecule has 0 radical (unpaired) electrons. The topological polar surface area (TPSA) is 32.3 Å². The van der Waals surface area contributed by atoms with E-state index in [1.54, 1.807) is 0 Å². The van der Waals surface area contributed by atoms with Crippen molar-refractivity contribution in [2.75, 3.05) is 19.7 Å². The van der Waals surface area contributed by atoms with Crippen LogP contribution in [-0.4, -0.2) is 24.8 Å². The summed E-state index contributed by atoms with van der Waals surface area (Å²) in [6, 6.07) is 0. The molecule has 0 amide bonds. The summed E-state index contributed by atoms with van der Waals surface area (Å²) in [5, 5.41) is 12.0. The molecule has 2 atom stereocenters. The van der Waals surface area contributed by atoms with Crippen molar-refractivity contribution in [3.8, 4) is 0 Å². The number of aliphatic hydroxyl groups excluding tert-OH is 1. The highest BCUT2D eigenvalue weighted by atomic mass is 16.3. The monoisotopic (exact) mass is 113 g/mol. The van der Waals surface area contributed by atoms with Gasteiger partial charge in [0, 0.05) is 6.61 Å². The fraction of sp³-hybridized carbons (Fsp3) is 1.00. The summed E-state index contributed by atoms with van der Waals surface area (Å²) in [4.78, 5) is 0. The lowest BCUT2D eigenvalue weighted by atomic mass is 10.3. The first kappa shape index (κ1) is 4.77. The largest absolute Gasteiger partial charge is 0.396 e. The molecule has 2 aliphatic rings. The molecule has 1 saturated carbocycles. The van der Waals surface area contributed by atoms with Crippen molar-refractivity contribution in [1.29, 1.82) is 0 Å². The average Bonchev–Trinajstić information content (AvgIpc) is 2.22. The molecule has 46 valence electrons. The molecule has 8 heavy (non-hydrogen) atoms. The molecule has 1 heterocycles. The maximum Gasteiger partial charge on any atom is 0.0465 e. The number of fused-ring (bicyclic) bond motifs is 1. The lowest BCUT2D eigenvalue weighted by molar-refractivity contribution is 0.258. The van der Waals surface area contributed by atoms with E-state index >= 15 is 0 Å². The zero-order valence-corrected chi connectivity index (χ0v) is 4.80. The molecule has 1 aliphatic heterocycles. The quantitative estimate of drug-likeness (QED) is 0.478. The lowest BCUT2D eigenvalue weighted by Crippen LogP contribution is -2.15. The molecular weight excluding hydrogens is 102 g/mol. The Kier molecular flexibility index (Phi) is 0.866. The molecule has 1 aliphatic carbocycles. The Morgan fingerprint density at radius 3 is 2.38 bits per heavy atom. The average molecular weight is 113 g/mol. The highest BCUT2D eigenvalue weighted by Crippen LogP contribution is 2.47. The third-order valence-electron chi connectivity index (χ3n) is 2.48. The van der Waals surface area contributed by atoms with E-state index in [4.69, 9.17) is 5.11 Å². The van der Waals surface area contributed by atoms with Crippen LogP contribution < -0.4 is 5.32 Å². The first-order valence-electron chi connectivity index (χ1n) is 3.25. The Morgan fingerprint density at radius 2 is 2.00 bits per heavy atom. The van der Waals surface area contributed by atoms with Crippen molar-refractivity contribution in [2.24, 2.45) is 17.8 Å². The molecule has 2 nitrogen and oxygen atoms in total. The fourth-order valence-corrected chi connectivity index (χ4v) is 1.82. The molecule has 0 bridgehead atoms. The van der Waals surface area contributed by atoms with Crippen molar-refractivity contribution < 1.29 is 5.11 Å². The molecule has 0 unspecified atom stereocenters. The summed E-state index contributed by atoms with van der Waals surface area (Å²) in [5.74, 6) is 2.33. The number of hydrogen-bond acceptors (Lipinski definition) is 2. The van der Waals surface area contributed by atoms with Gasteiger partial charge < -0.3 is 10.4 Å². The molecule has 1 saturated heterocycles. The molecular formula is C6H11NO. The van der Waals surface area contributed by atoms with E-state index in [1.165, 1.54) is 0 Å². The van der Waals surface area contributed by atoms with E-state index in [0.29, 0.717) is 12.5 Å². The Bertz CT molecular complexity index is 87.9. The molecule has 0 aromatic rings. The zero-order valence-electron chi connectivity index (χ0n) is 4.80. The molecule has 2 rings (SSSR count). The van der Waals surface area contributed by atoms with E-state index in [2.05, 4.69) is 5.32 Å². The van der Waals surface area contributed by atoms with Gasteiger partial charge in [0.05, 0.1) is 0 Å². The minimum atomic E-state index is 0.414. The molecule has 2 heteroatoms. The summed E-state index contributed by atoms with van der Waals surface area (Å²) in [5.41, 5.74) is 0. The van der Waals surface area contributed by atoms with Crippen molar-refractivity contribution in [3.05, 3.63) is 0 Å². The van der Waals surface area contributed by atoms with Crippen LogP contribution in [-0.2, 0) is 0 Å². The fourth-order valence-electron chi connectivity index (χ4n) is 1.82. The maximum absolute atomic E-state index is 8.68. The Labute approximate surface area is 48.9 Å². The van der Waals surface area contributed by atoms with Crippen LogP contribution in [0.15, 0.2) is 0 Å². The van der Waals surface area contributed by atoms with Crippen molar-refractivity contribution in [3.63, 3.8) is 0 Å². The van der Waals surface area contributed by atoms with Crippen LogP contribution in [0.1, 0.15) is 0 Å².